The fourth-order valence-corrected chi connectivity index (χ4v) is 2.89. The average molecular weight is 278 g/mol. The number of benzene rings is 2. The number of ether oxygens (including phenoxy) is 1. The summed E-state index contributed by atoms with van der Waals surface area (Å²) in [6, 6.07) is 18.5. The van der Waals surface area contributed by atoms with E-state index in [0.717, 1.165) is 18.7 Å². The lowest BCUT2D eigenvalue weighted by atomic mass is 10.1. The van der Waals surface area contributed by atoms with Crippen LogP contribution < -0.4 is 9.64 Å². The van der Waals surface area contributed by atoms with Crippen molar-refractivity contribution in [2.24, 2.45) is 0 Å². The monoisotopic (exact) mass is 278 g/mol. The van der Waals surface area contributed by atoms with Crippen molar-refractivity contribution < 1.29 is 4.74 Å². The fourth-order valence-electron chi connectivity index (χ4n) is 2.89. The highest BCUT2D eigenvalue weighted by molar-refractivity contribution is 5.59. The van der Waals surface area contributed by atoms with E-state index in [4.69, 9.17) is 10.00 Å². The molecule has 0 fully saturated rings. The maximum absolute atomic E-state index is 8.89. The highest BCUT2D eigenvalue weighted by atomic mass is 16.5. The van der Waals surface area contributed by atoms with Gasteiger partial charge in [-0.15, -0.1) is 0 Å². The lowest BCUT2D eigenvalue weighted by Crippen LogP contribution is -2.33. The molecule has 1 atom stereocenters. The summed E-state index contributed by atoms with van der Waals surface area (Å²) in [6.07, 6.45) is 1.10. The number of hydrogen-bond donors (Lipinski definition) is 0. The Kier molecular flexibility index (Phi) is 3.79. The van der Waals surface area contributed by atoms with Crippen LogP contribution in [0.5, 0.6) is 5.75 Å². The largest absolute Gasteiger partial charge is 0.492 e. The number of nitriles is 1. The summed E-state index contributed by atoms with van der Waals surface area (Å²) in [6.45, 7) is 3.72. The summed E-state index contributed by atoms with van der Waals surface area (Å²) >= 11 is 0. The van der Waals surface area contributed by atoms with Crippen LogP contribution in [0.3, 0.4) is 0 Å². The van der Waals surface area contributed by atoms with Crippen molar-refractivity contribution in [3.05, 3.63) is 59.7 Å². The van der Waals surface area contributed by atoms with Gasteiger partial charge in [-0.3, -0.25) is 0 Å². The van der Waals surface area contributed by atoms with Crippen molar-refractivity contribution in [3.8, 4) is 11.8 Å². The summed E-state index contributed by atoms with van der Waals surface area (Å²) in [5.74, 6) is 0.759. The molecule has 1 aliphatic rings. The molecule has 2 aromatic rings. The second-order valence-corrected chi connectivity index (χ2v) is 5.36. The number of fused-ring (bicyclic) bond motifs is 1. The van der Waals surface area contributed by atoms with Crippen molar-refractivity contribution in [1.29, 1.82) is 5.26 Å². The molecule has 3 rings (SSSR count). The summed E-state index contributed by atoms with van der Waals surface area (Å²) in [5, 5.41) is 8.89. The molecular weight excluding hydrogens is 260 g/mol. The quantitative estimate of drug-likeness (QED) is 0.860. The topological polar surface area (TPSA) is 36.3 Å². The third kappa shape index (κ3) is 2.85. The van der Waals surface area contributed by atoms with Crippen LogP contribution >= 0.6 is 0 Å². The minimum absolute atomic E-state index is 0.511. The molecule has 3 heteroatoms. The first-order valence-electron chi connectivity index (χ1n) is 7.25. The van der Waals surface area contributed by atoms with Crippen LogP contribution in [-0.4, -0.2) is 19.2 Å². The van der Waals surface area contributed by atoms with E-state index in [9.17, 15) is 0 Å². The molecule has 0 spiro atoms. The highest BCUT2D eigenvalue weighted by Crippen LogP contribution is 2.31. The fraction of sp³-hybridized carbons (Fsp3) is 0.278. The minimum atomic E-state index is 0.511. The van der Waals surface area contributed by atoms with E-state index < -0.39 is 0 Å². The lowest BCUT2D eigenvalue weighted by molar-refractivity contribution is 0.321. The normalized spacial score (nSPS) is 16.4. The Morgan fingerprint density at radius 1 is 1.24 bits per heavy atom. The van der Waals surface area contributed by atoms with Crippen LogP contribution in [0.25, 0.3) is 0 Å². The Bertz CT molecular complexity index is 675. The third-order valence-electron chi connectivity index (χ3n) is 3.91. The second-order valence-electron chi connectivity index (χ2n) is 5.36. The van der Waals surface area contributed by atoms with Crippen molar-refractivity contribution in [3.63, 3.8) is 0 Å². The summed E-state index contributed by atoms with van der Waals surface area (Å²) in [4.78, 5) is 2.39. The average Bonchev–Trinajstić information content (AvgIpc) is 2.83. The Morgan fingerprint density at radius 3 is 2.95 bits per heavy atom. The molecule has 0 saturated carbocycles. The van der Waals surface area contributed by atoms with Crippen LogP contribution in [0.15, 0.2) is 48.5 Å². The molecule has 0 aliphatic carbocycles. The molecule has 21 heavy (non-hydrogen) atoms. The number of hydrogen-bond acceptors (Lipinski definition) is 3. The van der Waals surface area contributed by atoms with Gasteiger partial charge in [0.15, 0.2) is 0 Å². The molecule has 0 aromatic heterocycles. The number of anilines is 1. The van der Waals surface area contributed by atoms with Crippen molar-refractivity contribution >= 4 is 5.69 Å². The molecular formula is C18H18N2O. The van der Waals surface area contributed by atoms with Crippen LogP contribution in [0.1, 0.15) is 18.1 Å². The Balaban J connectivity index is 1.62. The Morgan fingerprint density at radius 2 is 2.10 bits per heavy atom. The summed E-state index contributed by atoms with van der Waals surface area (Å²) < 4.78 is 5.78. The number of rotatable bonds is 4. The van der Waals surface area contributed by atoms with Crippen LogP contribution in [0.2, 0.25) is 0 Å². The SMILES string of the molecule is CC1Cc2ccccc2N1CCOc1cccc(C#N)c1. The van der Waals surface area contributed by atoms with Crippen LogP contribution in [0, 0.1) is 11.3 Å². The molecule has 0 radical (unpaired) electrons. The standard InChI is InChI=1S/C18H18N2O/c1-14-11-16-6-2-3-8-18(16)20(14)9-10-21-17-7-4-5-15(12-17)13-19/h2-8,12,14H,9-11H2,1H3. The zero-order valence-corrected chi connectivity index (χ0v) is 12.1. The maximum Gasteiger partial charge on any atom is 0.120 e. The Labute approximate surface area is 125 Å². The molecule has 1 unspecified atom stereocenters. The zero-order chi connectivity index (χ0) is 14.7. The third-order valence-corrected chi connectivity index (χ3v) is 3.91. The van der Waals surface area contributed by atoms with E-state index in [1.165, 1.54) is 11.3 Å². The molecule has 0 amide bonds. The predicted octanol–water partition coefficient (Wildman–Crippen LogP) is 3.39. The van der Waals surface area contributed by atoms with Gasteiger partial charge in [-0.05, 0) is 43.2 Å². The van der Waals surface area contributed by atoms with Gasteiger partial charge in [0.05, 0.1) is 18.2 Å². The van der Waals surface area contributed by atoms with Crippen molar-refractivity contribution in [2.45, 2.75) is 19.4 Å². The van der Waals surface area contributed by atoms with Crippen molar-refractivity contribution in [2.75, 3.05) is 18.1 Å². The second kappa shape index (κ2) is 5.88. The highest BCUT2D eigenvalue weighted by Gasteiger charge is 2.24. The van der Waals surface area contributed by atoms with E-state index >= 15 is 0 Å². The molecule has 106 valence electrons. The maximum atomic E-state index is 8.89. The number of nitrogens with zero attached hydrogens (tertiary/aromatic N) is 2. The number of para-hydroxylation sites is 1. The van der Waals surface area contributed by atoms with E-state index in [2.05, 4.69) is 42.2 Å². The van der Waals surface area contributed by atoms with Gasteiger partial charge >= 0.3 is 0 Å². The molecule has 1 aliphatic heterocycles. The molecule has 0 saturated heterocycles. The smallest absolute Gasteiger partial charge is 0.120 e. The molecule has 3 nitrogen and oxygen atoms in total. The van der Waals surface area contributed by atoms with Gasteiger partial charge in [-0.2, -0.15) is 5.26 Å². The van der Waals surface area contributed by atoms with Crippen LogP contribution in [-0.2, 0) is 6.42 Å². The first-order valence-corrected chi connectivity index (χ1v) is 7.25. The van der Waals surface area contributed by atoms with E-state index in [-0.39, 0.29) is 0 Å². The lowest BCUT2D eigenvalue weighted by Gasteiger charge is -2.24. The van der Waals surface area contributed by atoms with E-state index in [1.54, 1.807) is 12.1 Å². The van der Waals surface area contributed by atoms with E-state index in [1.807, 2.05) is 12.1 Å². The molecule has 0 N–H and O–H groups in total. The van der Waals surface area contributed by atoms with Crippen molar-refractivity contribution in [1.82, 2.24) is 0 Å². The first-order chi connectivity index (χ1) is 10.3. The Hall–Kier alpha value is -2.47. The van der Waals surface area contributed by atoms with Gasteiger partial charge in [0.2, 0.25) is 0 Å². The van der Waals surface area contributed by atoms with Gasteiger partial charge < -0.3 is 9.64 Å². The molecule has 0 bridgehead atoms. The van der Waals surface area contributed by atoms with Gasteiger partial charge in [0.1, 0.15) is 12.4 Å². The summed E-state index contributed by atoms with van der Waals surface area (Å²) in [5.41, 5.74) is 3.36. The van der Waals surface area contributed by atoms with Gasteiger partial charge in [-0.25, -0.2) is 0 Å². The summed E-state index contributed by atoms with van der Waals surface area (Å²) in [7, 11) is 0. The predicted molar refractivity (Wildman–Crippen MR) is 83.6 cm³/mol. The van der Waals surface area contributed by atoms with Gasteiger partial charge in [-0.1, -0.05) is 24.3 Å². The molecule has 1 heterocycles. The van der Waals surface area contributed by atoms with Gasteiger partial charge in [0.25, 0.3) is 0 Å². The zero-order valence-electron chi connectivity index (χ0n) is 12.1. The first kappa shape index (κ1) is 13.5. The van der Waals surface area contributed by atoms with Crippen LogP contribution in [0.4, 0.5) is 5.69 Å². The minimum Gasteiger partial charge on any atom is -0.492 e. The van der Waals surface area contributed by atoms with E-state index in [0.29, 0.717) is 18.2 Å². The molecule has 2 aromatic carbocycles. The van der Waals surface area contributed by atoms with Gasteiger partial charge in [0, 0.05) is 11.7 Å².